The van der Waals surface area contributed by atoms with Crippen LogP contribution in [0.2, 0.25) is 0 Å². The molecule has 0 saturated heterocycles. The van der Waals surface area contributed by atoms with Gasteiger partial charge in [-0.2, -0.15) is 13.9 Å². The Morgan fingerprint density at radius 1 is 1.10 bits per heavy atom. The van der Waals surface area contributed by atoms with Gasteiger partial charge in [0.15, 0.2) is 0 Å². The molecule has 0 spiro atoms. The number of amides is 1. The first-order chi connectivity index (χ1) is 13.9. The van der Waals surface area contributed by atoms with Crippen LogP contribution in [0.1, 0.15) is 32.9 Å². The third-order valence-corrected chi connectivity index (χ3v) is 4.47. The van der Waals surface area contributed by atoms with E-state index in [1.165, 1.54) is 12.1 Å². The normalized spacial score (nSPS) is 10.9. The number of carbonyl (C=O) groups excluding carboxylic acids is 1. The zero-order valence-electron chi connectivity index (χ0n) is 16.4. The zero-order chi connectivity index (χ0) is 20.8. The number of carbonyl (C=O) groups is 1. The SMILES string of the molecule is Cc1cc(C)n(Cc2cccc(C(=O)NCCc3ccc(OC(F)F)cc3)c2)n1. The second kappa shape index (κ2) is 9.32. The summed E-state index contributed by atoms with van der Waals surface area (Å²) in [5.41, 5.74) is 4.54. The fourth-order valence-corrected chi connectivity index (χ4v) is 3.08. The topological polar surface area (TPSA) is 56.2 Å². The molecule has 0 bridgehead atoms. The second-order valence-electron chi connectivity index (χ2n) is 6.81. The first kappa shape index (κ1) is 20.5. The van der Waals surface area contributed by atoms with E-state index >= 15 is 0 Å². The largest absolute Gasteiger partial charge is 0.435 e. The Morgan fingerprint density at radius 2 is 1.86 bits per heavy atom. The minimum Gasteiger partial charge on any atom is -0.435 e. The van der Waals surface area contributed by atoms with Crippen molar-refractivity contribution in [2.75, 3.05) is 6.54 Å². The summed E-state index contributed by atoms with van der Waals surface area (Å²) in [6.45, 7) is 2.16. The molecule has 5 nitrogen and oxygen atoms in total. The maximum atomic E-state index is 12.4. The number of hydrogen-bond acceptors (Lipinski definition) is 3. The molecule has 0 fully saturated rings. The van der Waals surface area contributed by atoms with Gasteiger partial charge in [0, 0.05) is 17.8 Å². The average molecular weight is 399 g/mol. The molecule has 7 heteroatoms. The summed E-state index contributed by atoms with van der Waals surface area (Å²) in [7, 11) is 0. The number of rotatable bonds is 8. The van der Waals surface area contributed by atoms with Crippen molar-refractivity contribution in [2.45, 2.75) is 33.4 Å². The Labute approximate surface area is 168 Å². The Kier molecular flexibility index (Phi) is 6.59. The van der Waals surface area contributed by atoms with Crippen molar-refractivity contribution in [3.63, 3.8) is 0 Å². The maximum Gasteiger partial charge on any atom is 0.387 e. The van der Waals surface area contributed by atoms with Gasteiger partial charge in [-0.25, -0.2) is 0 Å². The molecule has 0 unspecified atom stereocenters. The molecule has 152 valence electrons. The molecular formula is C22H23F2N3O2. The zero-order valence-corrected chi connectivity index (χ0v) is 16.4. The molecule has 2 aromatic carbocycles. The van der Waals surface area contributed by atoms with Gasteiger partial charge in [-0.15, -0.1) is 0 Å². The van der Waals surface area contributed by atoms with Crippen LogP contribution < -0.4 is 10.1 Å². The lowest BCUT2D eigenvalue weighted by Gasteiger charge is -2.09. The Balaban J connectivity index is 1.53. The van der Waals surface area contributed by atoms with E-state index in [0.717, 1.165) is 22.5 Å². The Hall–Kier alpha value is -3.22. The van der Waals surface area contributed by atoms with Gasteiger partial charge in [-0.05, 0) is 61.7 Å². The van der Waals surface area contributed by atoms with Crippen molar-refractivity contribution in [3.05, 3.63) is 82.7 Å². The molecular weight excluding hydrogens is 376 g/mol. The van der Waals surface area contributed by atoms with Crippen LogP contribution in [-0.2, 0) is 13.0 Å². The fourth-order valence-electron chi connectivity index (χ4n) is 3.08. The summed E-state index contributed by atoms with van der Waals surface area (Å²) in [6.07, 6.45) is 0.589. The van der Waals surface area contributed by atoms with E-state index in [0.29, 0.717) is 25.1 Å². The van der Waals surface area contributed by atoms with Crippen LogP contribution in [-0.4, -0.2) is 28.8 Å². The third kappa shape index (κ3) is 5.88. The number of benzene rings is 2. The van der Waals surface area contributed by atoms with Crippen LogP contribution in [0.25, 0.3) is 0 Å². The molecule has 0 radical (unpaired) electrons. The number of nitrogens with one attached hydrogen (secondary N) is 1. The molecule has 0 atom stereocenters. The molecule has 3 rings (SSSR count). The van der Waals surface area contributed by atoms with Crippen LogP contribution in [0.5, 0.6) is 5.75 Å². The minimum absolute atomic E-state index is 0.118. The number of ether oxygens (including phenoxy) is 1. The number of hydrogen-bond donors (Lipinski definition) is 1. The molecule has 1 heterocycles. The lowest BCUT2D eigenvalue weighted by atomic mass is 10.1. The molecule has 0 saturated carbocycles. The minimum atomic E-state index is -2.84. The van der Waals surface area contributed by atoms with Crippen molar-refractivity contribution < 1.29 is 18.3 Å². The Bertz CT molecular complexity index is 968. The summed E-state index contributed by atoms with van der Waals surface area (Å²) < 4.78 is 30.6. The van der Waals surface area contributed by atoms with Gasteiger partial charge in [0.25, 0.3) is 5.91 Å². The summed E-state index contributed by atoms with van der Waals surface area (Å²) in [5.74, 6) is -0.0370. The molecule has 3 aromatic rings. The highest BCUT2D eigenvalue weighted by Crippen LogP contribution is 2.15. The first-order valence-corrected chi connectivity index (χ1v) is 9.32. The van der Waals surface area contributed by atoms with Gasteiger partial charge >= 0.3 is 6.61 Å². The molecule has 1 aromatic heterocycles. The standard InChI is InChI=1S/C22H23F2N3O2/c1-15-12-16(2)27(26-15)14-18-4-3-5-19(13-18)21(28)25-11-10-17-6-8-20(9-7-17)29-22(23)24/h3-9,12-13,22H,10-11,14H2,1-2H3,(H,25,28). The van der Waals surface area contributed by atoms with E-state index in [-0.39, 0.29) is 11.7 Å². The summed E-state index contributed by atoms with van der Waals surface area (Å²) in [5, 5.41) is 7.34. The van der Waals surface area contributed by atoms with Crippen molar-refractivity contribution in [1.29, 1.82) is 0 Å². The molecule has 29 heavy (non-hydrogen) atoms. The van der Waals surface area contributed by atoms with E-state index in [1.807, 2.05) is 42.8 Å². The van der Waals surface area contributed by atoms with Gasteiger partial charge in [-0.3, -0.25) is 9.48 Å². The first-order valence-electron chi connectivity index (χ1n) is 9.32. The summed E-state index contributed by atoms with van der Waals surface area (Å²) >= 11 is 0. The monoisotopic (exact) mass is 399 g/mol. The summed E-state index contributed by atoms with van der Waals surface area (Å²) in [6, 6.07) is 15.9. The lowest BCUT2D eigenvalue weighted by molar-refractivity contribution is -0.0498. The lowest BCUT2D eigenvalue weighted by Crippen LogP contribution is -2.25. The molecule has 0 aliphatic heterocycles. The van der Waals surface area contributed by atoms with Crippen LogP contribution in [0.15, 0.2) is 54.6 Å². The van der Waals surface area contributed by atoms with Gasteiger partial charge in [0.1, 0.15) is 5.75 Å². The smallest absolute Gasteiger partial charge is 0.387 e. The quantitative estimate of drug-likeness (QED) is 0.620. The highest BCUT2D eigenvalue weighted by Gasteiger charge is 2.08. The average Bonchev–Trinajstić information content (AvgIpc) is 2.99. The molecule has 1 N–H and O–H groups in total. The van der Waals surface area contributed by atoms with Gasteiger partial charge in [0.05, 0.1) is 12.2 Å². The van der Waals surface area contributed by atoms with E-state index in [4.69, 9.17) is 0 Å². The fraction of sp³-hybridized carbons (Fsp3) is 0.273. The van der Waals surface area contributed by atoms with Gasteiger partial charge < -0.3 is 10.1 Å². The maximum absolute atomic E-state index is 12.4. The molecule has 0 aliphatic rings. The van der Waals surface area contributed by atoms with Crippen molar-refractivity contribution in [2.24, 2.45) is 0 Å². The Morgan fingerprint density at radius 3 is 2.52 bits per heavy atom. The van der Waals surface area contributed by atoms with Crippen LogP contribution in [0.4, 0.5) is 8.78 Å². The highest BCUT2D eigenvalue weighted by molar-refractivity contribution is 5.94. The van der Waals surface area contributed by atoms with Crippen LogP contribution >= 0.6 is 0 Å². The van der Waals surface area contributed by atoms with E-state index in [1.54, 1.807) is 18.2 Å². The number of alkyl halides is 2. The van der Waals surface area contributed by atoms with Crippen LogP contribution in [0, 0.1) is 13.8 Å². The van der Waals surface area contributed by atoms with Gasteiger partial charge in [0.2, 0.25) is 0 Å². The number of aryl methyl sites for hydroxylation is 2. The predicted molar refractivity (Wildman–Crippen MR) is 106 cm³/mol. The number of halogens is 2. The van der Waals surface area contributed by atoms with E-state index in [9.17, 15) is 13.6 Å². The summed E-state index contributed by atoms with van der Waals surface area (Å²) in [4.78, 5) is 12.4. The number of nitrogens with zero attached hydrogens (tertiary/aromatic N) is 2. The highest BCUT2D eigenvalue weighted by atomic mass is 19.3. The van der Waals surface area contributed by atoms with Crippen molar-refractivity contribution in [3.8, 4) is 5.75 Å². The number of aromatic nitrogens is 2. The predicted octanol–water partition coefficient (Wildman–Crippen LogP) is 4.12. The third-order valence-electron chi connectivity index (χ3n) is 4.47. The van der Waals surface area contributed by atoms with Crippen LogP contribution in [0.3, 0.4) is 0 Å². The molecule has 1 amide bonds. The van der Waals surface area contributed by atoms with E-state index < -0.39 is 6.61 Å². The van der Waals surface area contributed by atoms with Crippen molar-refractivity contribution >= 4 is 5.91 Å². The second-order valence-corrected chi connectivity index (χ2v) is 6.81. The van der Waals surface area contributed by atoms with Gasteiger partial charge in [-0.1, -0.05) is 24.3 Å². The van der Waals surface area contributed by atoms with E-state index in [2.05, 4.69) is 15.2 Å². The molecule has 0 aliphatic carbocycles. The van der Waals surface area contributed by atoms with Crippen molar-refractivity contribution in [1.82, 2.24) is 15.1 Å².